The van der Waals surface area contributed by atoms with Crippen molar-refractivity contribution in [3.63, 3.8) is 0 Å². The molecule has 0 amide bonds. The lowest BCUT2D eigenvalue weighted by Gasteiger charge is -2.02. The molecule has 0 saturated carbocycles. The van der Waals surface area contributed by atoms with Gasteiger partial charge < -0.3 is 0 Å². The van der Waals surface area contributed by atoms with Crippen LogP contribution in [0.3, 0.4) is 0 Å². The van der Waals surface area contributed by atoms with E-state index in [1.54, 1.807) is 24.5 Å². The van der Waals surface area contributed by atoms with Crippen molar-refractivity contribution < 1.29 is 13.2 Å². The summed E-state index contributed by atoms with van der Waals surface area (Å²) in [7, 11) is 0. The summed E-state index contributed by atoms with van der Waals surface area (Å²) in [6.45, 7) is 0.282. The van der Waals surface area contributed by atoms with Crippen LogP contribution in [0, 0.1) is 0 Å². The van der Waals surface area contributed by atoms with E-state index in [1.165, 1.54) is 10.9 Å². The quantitative estimate of drug-likeness (QED) is 0.788. The van der Waals surface area contributed by atoms with E-state index >= 15 is 0 Å². The molecule has 0 aromatic carbocycles. The molecule has 0 aliphatic rings. The summed E-state index contributed by atoms with van der Waals surface area (Å²) in [5.41, 5.74) is -0.0734. The number of hydrogen-bond donors (Lipinski definition) is 0. The van der Waals surface area contributed by atoms with Gasteiger partial charge in [-0.3, -0.25) is 9.67 Å². The van der Waals surface area contributed by atoms with Crippen molar-refractivity contribution in [2.75, 3.05) is 0 Å². The van der Waals surface area contributed by atoms with Gasteiger partial charge in [0.2, 0.25) is 0 Å². The molecule has 0 atom stereocenters. The molecule has 2 aromatic heterocycles. The SMILES string of the molecule is FC(F)(F)c1ccn(Cc2cccnc2)n1. The lowest BCUT2D eigenvalue weighted by molar-refractivity contribution is -0.141. The molecule has 6 heteroatoms. The molecule has 0 spiro atoms. The summed E-state index contributed by atoms with van der Waals surface area (Å²) in [6, 6.07) is 4.46. The van der Waals surface area contributed by atoms with E-state index in [1.807, 2.05) is 0 Å². The van der Waals surface area contributed by atoms with Gasteiger partial charge in [0.25, 0.3) is 0 Å². The van der Waals surface area contributed by atoms with Gasteiger partial charge in [0.05, 0.1) is 6.54 Å². The summed E-state index contributed by atoms with van der Waals surface area (Å²) >= 11 is 0. The normalized spacial score (nSPS) is 11.7. The van der Waals surface area contributed by atoms with E-state index in [-0.39, 0.29) is 6.54 Å². The molecule has 2 heterocycles. The highest BCUT2D eigenvalue weighted by Crippen LogP contribution is 2.27. The Bertz CT molecular complexity index is 462. The molecule has 0 bridgehead atoms. The van der Waals surface area contributed by atoms with Gasteiger partial charge in [-0.2, -0.15) is 18.3 Å². The van der Waals surface area contributed by atoms with Crippen molar-refractivity contribution in [2.45, 2.75) is 12.7 Å². The number of aromatic nitrogens is 3. The minimum absolute atomic E-state index is 0.282. The first-order valence-electron chi connectivity index (χ1n) is 4.55. The van der Waals surface area contributed by atoms with Crippen LogP contribution >= 0.6 is 0 Å². The smallest absolute Gasteiger partial charge is 0.268 e. The Balaban J connectivity index is 2.15. The summed E-state index contributed by atoms with van der Waals surface area (Å²) in [6.07, 6.45) is 0.110. The second-order valence-corrected chi connectivity index (χ2v) is 3.26. The van der Waals surface area contributed by atoms with E-state index in [4.69, 9.17) is 0 Å². The topological polar surface area (TPSA) is 30.7 Å². The monoisotopic (exact) mass is 227 g/mol. The molecule has 16 heavy (non-hydrogen) atoms. The average molecular weight is 227 g/mol. The fourth-order valence-electron chi connectivity index (χ4n) is 1.28. The van der Waals surface area contributed by atoms with Gasteiger partial charge >= 0.3 is 6.18 Å². The van der Waals surface area contributed by atoms with Crippen LogP contribution in [0.15, 0.2) is 36.8 Å². The molecule has 0 fully saturated rings. The van der Waals surface area contributed by atoms with Crippen LogP contribution in [0.1, 0.15) is 11.3 Å². The van der Waals surface area contributed by atoms with Crippen LogP contribution in [-0.4, -0.2) is 14.8 Å². The molecule has 0 aliphatic carbocycles. The van der Waals surface area contributed by atoms with E-state index < -0.39 is 11.9 Å². The molecule has 3 nitrogen and oxygen atoms in total. The van der Waals surface area contributed by atoms with Crippen LogP contribution in [-0.2, 0) is 12.7 Å². The summed E-state index contributed by atoms with van der Waals surface area (Å²) in [5, 5.41) is 3.44. The van der Waals surface area contributed by atoms with Crippen LogP contribution in [0.25, 0.3) is 0 Å². The first-order chi connectivity index (χ1) is 7.55. The zero-order chi connectivity index (χ0) is 11.6. The lowest BCUT2D eigenvalue weighted by atomic mass is 10.3. The van der Waals surface area contributed by atoms with Crippen molar-refractivity contribution in [1.29, 1.82) is 0 Å². The Morgan fingerprint density at radius 2 is 2.06 bits per heavy atom. The standard InChI is InChI=1S/C10H8F3N3/c11-10(12,13)9-3-5-16(15-9)7-8-2-1-4-14-6-8/h1-6H,7H2. The fourth-order valence-corrected chi connectivity index (χ4v) is 1.28. The van der Waals surface area contributed by atoms with Gasteiger partial charge in [0, 0.05) is 18.6 Å². The maximum Gasteiger partial charge on any atom is 0.435 e. The molecule has 0 unspecified atom stereocenters. The van der Waals surface area contributed by atoms with Crippen LogP contribution in [0.2, 0.25) is 0 Å². The van der Waals surface area contributed by atoms with Crippen molar-refractivity contribution in [1.82, 2.24) is 14.8 Å². The minimum atomic E-state index is -4.39. The number of pyridine rings is 1. The van der Waals surface area contributed by atoms with Gasteiger partial charge in [0.1, 0.15) is 0 Å². The highest BCUT2D eigenvalue weighted by atomic mass is 19.4. The lowest BCUT2D eigenvalue weighted by Crippen LogP contribution is -2.08. The molecule has 0 aliphatic heterocycles. The predicted octanol–water partition coefficient (Wildman–Crippen LogP) is 2.35. The van der Waals surface area contributed by atoms with E-state index in [9.17, 15) is 13.2 Å². The predicted molar refractivity (Wildman–Crippen MR) is 50.6 cm³/mol. The molecule has 0 radical (unpaired) electrons. The third kappa shape index (κ3) is 2.39. The molecule has 2 aromatic rings. The van der Waals surface area contributed by atoms with E-state index in [0.717, 1.165) is 11.6 Å². The third-order valence-corrected chi connectivity index (χ3v) is 2.00. The van der Waals surface area contributed by atoms with Crippen LogP contribution < -0.4 is 0 Å². The highest BCUT2D eigenvalue weighted by Gasteiger charge is 2.33. The molecule has 0 saturated heterocycles. The van der Waals surface area contributed by atoms with Gasteiger partial charge in [-0.25, -0.2) is 0 Å². The first-order valence-corrected chi connectivity index (χ1v) is 4.55. The Hall–Kier alpha value is -1.85. The second kappa shape index (κ2) is 3.96. The van der Waals surface area contributed by atoms with Gasteiger partial charge in [-0.1, -0.05) is 6.07 Å². The summed E-state index contributed by atoms with van der Waals surface area (Å²) in [4.78, 5) is 3.87. The van der Waals surface area contributed by atoms with Crippen molar-refractivity contribution in [2.24, 2.45) is 0 Å². The van der Waals surface area contributed by atoms with Gasteiger partial charge in [0.15, 0.2) is 5.69 Å². The molecular formula is C10H8F3N3. The summed E-state index contributed by atoms with van der Waals surface area (Å²) in [5.74, 6) is 0. The van der Waals surface area contributed by atoms with Crippen molar-refractivity contribution in [3.8, 4) is 0 Å². The minimum Gasteiger partial charge on any atom is -0.268 e. The maximum atomic E-state index is 12.3. The number of hydrogen-bond acceptors (Lipinski definition) is 2. The van der Waals surface area contributed by atoms with E-state index in [0.29, 0.717) is 0 Å². The Morgan fingerprint density at radius 1 is 1.25 bits per heavy atom. The van der Waals surface area contributed by atoms with Crippen LogP contribution in [0.5, 0.6) is 0 Å². The van der Waals surface area contributed by atoms with Gasteiger partial charge in [-0.15, -0.1) is 0 Å². The molecule has 84 valence electrons. The zero-order valence-corrected chi connectivity index (χ0v) is 8.15. The number of rotatable bonds is 2. The summed E-state index contributed by atoms with van der Waals surface area (Å²) < 4.78 is 38.0. The first kappa shape index (κ1) is 10.7. The van der Waals surface area contributed by atoms with Gasteiger partial charge in [-0.05, 0) is 17.7 Å². The van der Waals surface area contributed by atoms with Crippen molar-refractivity contribution in [3.05, 3.63) is 48.0 Å². The largest absolute Gasteiger partial charge is 0.435 e. The third-order valence-electron chi connectivity index (χ3n) is 2.00. The fraction of sp³-hybridized carbons (Fsp3) is 0.200. The Morgan fingerprint density at radius 3 is 2.62 bits per heavy atom. The molecule has 2 rings (SSSR count). The van der Waals surface area contributed by atoms with E-state index in [2.05, 4.69) is 10.1 Å². The van der Waals surface area contributed by atoms with Crippen LogP contribution in [0.4, 0.5) is 13.2 Å². The molecular weight excluding hydrogens is 219 g/mol. The highest BCUT2D eigenvalue weighted by molar-refractivity contribution is 5.10. The number of alkyl halides is 3. The Kier molecular flexibility index (Phi) is 2.64. The average Bonchev–Trinajstić information content (AvgIpc) is 2.67. The van der Waals surface area contributed by atoms with Crippen molar-refractivity contribution >= 4 is 0 Å². The number of nitrogens with zero attached hydrogens (tertiary/aromatic N) is 3. The maximum absolute atomic E-state index is 12.3. The zero-order valence-electron chi connectivity index (χ0n) is 8.15. The second-order valence-electron chi connectivity index (χ2n) is 3.26. The Labute approximate surface area is 89.5 Å². The molecule has 0 N–H and O–H groups in total. The number of halogens is 3.